The lowest BCUT2D eigenvalue weighted by molar-refractivity contribution is 0.0954. The quantitative estimate of drug-likeness (QED) is 0.166. The molecule has 0 saturated carbocycles. The molecule has 0 atom stereocenters. The number of aliphatic imine (C=N–C) groups is 1. The molecule has 1 aromatic rings. The third-order valence-electron chi connectivity index (χ3n) is 3.74. The SMILES string of the molecule is CCCCOCCCN=C(NCC)NCCNC(=O)c1cccc(OC)c1.I. The van der Waals surface area contributed by atoms with E-state index < -0.39 is 0 Å². The van der Waals surface area contributed by atoms with E-state index in [0.29, 0.717) is 30.9 Å². The third kappa shape index (κ3) is 12.0. The molecule has 160 valence electrons. The zero-order valence-corrected chi connectivity index (χ0v) is 19.6. The van der Waals surface area contributed by atoms with Crippen LogP contribution in [0.1, 0.15) is 43.5 Å². The first-order valence-electron chi connectivity index (χ1n) is 9.73. The summed E-state index contributed by atoms with van der Waals surface area (Å²) in [7, 11) is 1.58. The fraction of sp³-hybridized carbons (Fsp3) is 0.600. The van der Waals surface area contributed by atoms with Gasteiger partial charge < -0.3 is 25.4 Å². The van der Waals surface area contributed by atoms with Gasteiger partial charge in [0.05, 0.1) is 7.11 Å². The van der Waals surface area contributed by atoms with Gasteiger partial charge in [-0.05, 0) is 38.0 Å². The van der Waals surface area contributed by atoms with E-state index >= 15 is 0 Å². The Hall–Kier alpha value is -1.55. The zero-order chi connectivity index (χ0) is 19.7. The van der Waals surface area contributed by atoms with Crippen LogP contribution in [-0.2, 0) is 4.74 Å². The van der Waals surface area contributed by atoms with Crippen molar-refractivity contribution in [1.29, 1.82) is 0 Å². The van der Waals surface area contributed by atoms with Gasteiger partial charge in [-0.3, -0.25) is 9.79 Å². The fourth-order valence-electron chi connectivity index (χ4n) is 2.27. The molecule has 1 aromatic carbocycles. The topological polar surface area (TPSA) is 84.0 Å². The number of hydrogen-bond acceptors (Lipinski definition) is 4. The lowest BCUT2D eigenvalue weighted by Gasteiger charge is -2.12. The highest BCUT2D eigenvalue weighted by atomic mass is 127. The van der Waals surface area contributed by atoms with E-state index in [-0.39, 0.29) is 29.9 Å². The van der Waals surface area contributed by atoms with Crippen molar-refractivity contribution < 1.29 is 14.3 Å². The highest BCUT2D eigenvalue weighted by Crippen LogP contribution is 2.12. The largest absolute Gasteiger partial charge is 0.497 e. The molecule has 0 aliphatic carbocycles. The second-order valence-electron chi connectivity index (χ2n) is 5.99. The van der Waals surface area contributed by atoms with Crippen LogP contribution in [0.3, 0.4) is 0 Å². The van der Waals surface area contributed by atoms with Gasteiger partial charge in [-0.15, -0.1) is 24.0 Å². The summed E-state index contributed by atoms with van der Waals surface area (Å²) in [6, 6.07) is 7.09. The molecule has 0 spiro atoms. The van der Waals surface area contributed by atoms with Crippen LogP contribution in [0.4, 0.5) is 0 Å². The van der Waals surface area contributed by atoms with Gasteiger partial charge in [-0.2, -0.15) is 0 Å². The number of ether oxygens (including phenoxy) is 2. The van der Waals surface area contributed by atoms with Crippen LogP contribution in [0.2, 0.25) is 0 Å². The van der Waals surface area contributed by atoms with E-state index in [2.05, 4.69) is 27.9 Å². The molecule has 0 unspecified atom stereocenters. The summed E-state index contributed by atoms with van der Waals surface area (Å²) in [5, 5.41) is 9.30. The van der Waals surface area contributed by atoms with Crippen LogP contribution < -0.4 is 20.7 Å². The molecule has 0 aliphatic rings. The number of carbonyl (C=O) groups is 1. The van der Waals surface area contributed by atoms with Gasteiger partial charge in [0.15, 0.2) is 5.96 Å². The van der Waals surface area contributed by atoms with E-state index in [1.54, 1.807) is 25.3 Å². The van der Waals surface area contributed by atoms with E-state index in [0.717, 1.165) is 45.0 Å². The Bertz CT molecular complexity index is 570. The minimum atomic E-state index is -0.123. The zero-order valence-electron chi connectivity index (χ0n) is 17.3. The third-order valence-corrected chi connectivity index (χ3v) is 3.74. The van der Waals surface area contributed by atoms with Gasteiger partial charge in [-0.25, -0.2) is 0 Å². The van der Waals surface area contributed by atoms with Crippen LogP contribution in [0.25, 0.3) is 0 Å². The summed E-state index contributed by atoms with van der Waals surface area (Å²) in [4.78, 5) is 16.7. The van der Waals surface area contributed by atoms with Gasteiger partial charge in [0.25, 0.3) is 5.91 Å². The van der Waals surface area contributed by atoms with Gasteiger partial charge in [0, 0.05) is 45.0 Å². The van der Waals surface area contributed by atoms with Crippen molar-refractivity contribution >= 4 is 35.8 Å². The van der Waals surface area contributed by atoms with Crippen molar-refractivity contribution in [3.63, 3.8) is 0 Å². The van der Waals surface area contributed by atoms with Crippen LogP contribution >= 0.6 is 24.0 Å². The maximum Gasteiger partial charge on any atom is 0.251 e. The lowest BCUT2D eigenvalue weighted by Crippen LogP contribution is -2.41. The number of benzene rings is 1. The second-order valence-corrected chi connectivity index (χ2v) is 5.99. The summed E-state index contributed by atoms with van der Waals surface area (Å²) < 4.78 is 10.7. The van der Waals surface area contributed by atoms with E-state index in [9.17, 15) is 4.79 Å². The molecule has 0 saturated heterocycles. The Morgan fingerprint density at radius 1 is 1.07 bits per heavy atom. The average Bonchev–Trinajstić information content (AvgIpc) is 2.70. The van der Waals surface area contributed by atoms with Gasteiger partial charge in [0.1, 0.15) is 5.75 Å². The molecule has 0 aliphatic heterocycles. The number of hydrogen-bond donors (Lipinski definition) is 3. The minimum Gasteiger partial charge on any atom is -0.497 e. The monoisotopic (exact) mass is 506 g/mol. The van der Waals surface area contributed by atoms with Gasteiger partial charge in [0.2, 0.25) is 0 Å². The van der Waals surface area contributed by atoms with Crippen molar-refractivity contribution in [2.24, 2.45) is 4.99 Å². The predicted molar refractivity (Wildman–Crippen MR) is 125 cm³/mol. The Labute approximate surface area is 186 Å². The molecular weight excluding hydrogens is 471 g/mol. The van der Waals surface area contributed by atoms with Crippen LogP contribution in [0.5, 0.6) is 5.75 Å². The normalized spacial score (nSPS) is 10.8. The Morgan fingerprint density at radius 2 is 1.82 bits per heavy atom. The number of methoxy groups -OCH3 is 1. The van der Waals surface area contributed by atoms with Crippen LogP contribution in [-0.4, -0.2) is 58.4 Å². The molecule has 0 aromatic heterocycles. The molecular formula is C20H35IN4O3. The lowest BCUT2D eigenvalue weighted by atomic mass is 10.2. The summed E-state index contributed by atoms with van der Waals surface area (Å²) >= 11 is 0. The highest BCUT2D eigenvalue weighted by molar-refractivity contribution is 14.0. The average molecular weight is 506 g/mol. The van der Waals surface area contributed by atoms with E-state index in [1.807, 2.05) is 13.0 Å². The number of unbranched alkanes of at least 4 members (excludes halogenated alkanes) is 1. The number of carbonyl (C=O) groups excluding carboxylic acids is 1. The molecule has 0 fully saturated rings. The fourth-order valence-corrected chi connectivity index (χ4v) is 2.27. The van der Waals surface area contributed by atoms with Crippen molar-refractivity contribution in [3.05, 3.63) is 29.8 Å². The Morgan fingerprint density at radius 3 is 2.54 bits per heavy atom. The minimum absolute atomic E-state index is 0. The highest BCUT2D eigenvalue weighted by Gasteiger charge is 2.06. The summed E-state index contributed by atoms with van der Waals surface area (Å²) in [5.74, 6) is 1.30. The maximum absolute atomic E-state index is 12.1. The molecule has 3 N–H and O–H groups in total. The predicted octanol–water partition coefficient (Wildman–Crippen LogP) is 2.80. The molecule has 0 heterocycles. The Balaban J connectivity index is 0.00000729. The first-order chi connectivity index (χ1) is 13.2. The molecule has 7 nitrogen and oxygen atoms in total. The number of halogens is 1. The van der Waals surface area contributed by atoms with Crippen LogP contribution in [0.15, 0.2) is 29.3 Å². The van der Waals surface area contributed by atoms with Crippen molar-refractivity contribution in [1.82, 2.24) is 16.0 Å². The summed E-state index contributed by atoms with van der Waals surface area (Å²) in [6.07, 6.45) is 3.16. The first kappa shape index (κ1) is 26.4. The first-order valence-corrected chi connectivity index (χ1v) is 9.73. The smallest absolute Gasteiger partial charge is 0.251 e. The van der Waals surface area contributed by atoms with Crippen molar-refractivity contribution in [3.8, 4) is 5.75 Å². The van der Waals surface area contributed by atoms with Gasteiger partial charge in [-0.1, -0.05) is 19.4 Å². The molecule has 8 heteroatoms. The Kier molecular flexibility index (Phi) is 16.6. The van der Waals surface area contributed by atoms with Crippen molar-refractivity contribution in [2.75, 3.05) is 46.5 Å². The summed E-state index contributed by atoms with van der Waals surface area (Å²) in [6.45, 7) is 8.32. The van der Waals surface area contributed by atoms with E-state index in [4.69, 9.17) is 9.47 Å². The maximum atomic E-state index is 12.1. The molecule has 1 rings (SSSR count). The van der Waals surface area contributed by atoms with Crippen molar-refractivity contribution in [2.45, 2.75) is 33.1 Å². The number of nitrogens with one attached hydrogen (secondary N) is 3. The number of amides is 1. The molecule has 0 bridgehead atoms. The number of rotatable bonds is 13. The van der Waals surface area contributed by atoms with Gasteiger partial charge >= 0.3 is 0 Å². The molecule has 1 amide bonds. The number of nitrogens with zero attached hydrogens (tertiary/aromatic N) is 1. The van der Waals surface area contributed by atoms with E-state index in [1.165, 1.54) is 0 Å². The molecule has 28 heavy (non-hydrogen) atoms. The summed E-state index contributed by atoms with van der Waals surface area (Å²) in [5.41, 5.74) is 0.581. The molecule has 0 radical (unpaired) electrons. The number of guanidine groups is 1. The second kappa shape index (κ2) is 17.5. The van der Waals surface area contributed by atoms with Crippen LogP contribution in [0, 0.1) is 0 Å². The standard InChI is InChI=1S/C20H34N4O3.HI/c1-4-6-14-27-15-8-11-23-20(21-5-2)24-13-12-22-19(25)17-9-7-10-18(16-17)26-3;/h7,9-10,16H,4-6,8,11-15H2,1-3H3,(H,22,25)(H2,21,23,24);1H.